The Balaban J connectivity index is 1.17. The first kappa shape index (κ1) is 21.6. The SMILES string of the molecule is C[C@H]1C[C@H](C)CN(Cc2ccc(CNC(=O)CCCc3nc4ccccc4[nH]3)cc2)C1. The Hall–Kier alpha value is -2.66. The molecular weight excluding hydrogens is 384 g/mol. The summed E-state index contributed by atoms with van der Waals surface area (Å²) in [6.45, 7) is 8.69. The second-order valence-electron chi connectivity index (χ2n) is 9.29. The van der Waals surface area contributed by atoms with Crippen LogP contribution in [0.15, 0.2) is 48.5 Å². The lowest BCUT2D eigenvalue weighted by Crippen LogP contribution is -2.38. The molecule has 2 aromatic carbocycles. The van der Waals surface area contributed by atoms with Gasteiger partial charge in [0, 0.05) is 39.0 Å². The van der Waals surface area contributed by atoms with Crippen LogP contribution < -0.4 is 5.32 Å². The minimum absolute atomic E-state index is 0.0940. The van der Waals surface area contributed by atoms with Crippen LogP contribution in [0.4, 0.5) is 0 Å². The monoisotopic (exact) mass is 418 g/mol. The second kappa shape index (κ2) is 10.1. The second-order valence-corrected chi connectivity index (χ2v) is 9.29. The van der Waals surface area contributed by atoms with Crippen LogP contribution in [0, 0.1) is 11.8 Å². The number of imidazole rings is 1. The highest BCUT2D eigenvalue weighted by Gasteiger charge is 2.21. The number of benzene rings is 2. The van der Waals surface area contributed by atoms with E-state index in [1.165, 1.54) is 25.1 Å². The van der Waals surface area contributed by atoms with Crippen molar-refractivity contribution < 1.29 is 4.79 Å². The third kappa shape index (κ3) is 6.17. The van der Waals surface area contributed by atoms with E-state index in [1.54, 1.807) is 0 Å². The van der Waals surface area contributed by atoms with Gasteiger partial charge in [-0.2, -0.15) is 0 Å². The van der Waals surface area contributed by atoms with Gasteiger partial charge in [0.15, 0.2) is 0 Å². The van der Waals surface area contributed by atoms with Gasteiger partial charge in [0.1, 0.15) is 5.82 Å². The summed E-state index contributed by atoms with van der Waals surface area (Å²) >= 11 is 0. The average Bonchev–Trinajstić information content (AvgIpc) is 3.15. The van der Waals surface area contributed by atoms with Crippen molar-refractivity contribution in [3.8, 4) is 0 Å². The number of piperidine rings is 1. The molecule has 31 heavy (non-hydrogen) atoms. The Morgan fingerprint density at radius 3 is 2.52 bits per heavy atom. The summed E-state index contributed by atoms with van der Waals surface area (Å²) in [5, 5.41) is 3.04. The first-order valence-corrected chi connectivity index (χ1v) is 11.6. The molecule has 1 saturated heterocycles. The quantitative estimate of drug-likeness (QED) is 0.558. The molecule has 164 valence electrons. The topological polar surface area (TPSA) is 61.0 Å². The highest BCUT2D eigenvalue weighted by atomic mass is 16.1. The molecule has 2 N–H and O–H groups in total. The van der Waals surface area contributed by atoms with Gasteiger partial charge in [0.05, 0.1) is 11.0 Å². The van der Waals surface area contributed by atoms with Crippen LogP contribution in [0.5, 0.6) is 0 Å². The van der Waals surface area contributed by atoms with E-state index in [2.05, 4.69) is 58.3 Å². The van der Waals surface area contributed by atoms with Crippen LogP contribution in [0.3, 0.4) is 0 Å². The summed E-state index contributed by atoms with van der Waals surface area (Å²) in [5.74, 6) is 2.61. The molecule has 0 aliphatic carbocycles. The molecule has 5 heteroatoms. The fourth-order valence-corrected chi connectivity index (χ4v) is 4.77. The van der Waals surface area contributed by atoms with Crippen LogP contribution in [-0.4, -0.2) is 33.9 Å². The Morgan fingerprint density at radius 2 is 1.77 bits per heavy atom. The van der Waals surface area contributed by atoms with Gasteiger partial charge in [-0.1, -0.05) is 50.2 Å². The zero-order valence-corrected chi connectivity index (χ0v) is 18.7. The predicted octanol–water partition coefficient (Wildman–Crippen LogP) is 4.68. The molecule has 2 heterocycles. The Bertz CT molecular complexity index is 951. The van der Waals surface area contributed by atoms with E-state index in [-0.39, 0.29) is 5.91 Å². The molecule has 1 fully saturated rings. The minimum atomic E-state index is 0.0940. The number of rotatable bonds is 8. The van der Waals surface area contributed by atoms with Gasteiger partial charge in [0.2, 0.25) is 5.91 Å². The van der Waals surface area contributed by atoms with Crippen molar-refractivity contribution in [2.45, 2.75) is 52.6 Å². The summed E-state index contributed by atoms with van der Waals surface area (Å²) in [5.41, 5.74) is 4.53. The van der Waals surface area contributed by atoms with Gasteiger partial charge in [0.25, 0.3) is 0 Å². The maximum atomic E-state index is 12.2. The molecule has 1 amide bonds. The van der Waals surface area contributed by atoms with Gasteiger partial charge in [-0.3, -0.25) is 9.69 Å². The summed E-state index contributed by atoms with van der Waals surface area (Å²) in [6.07, 6.45) is 3.43. The summed E-state index contributed by atoms with van der Waals surface area (Å²) in [7, 11) is 0. The third-order valence-electron chi connectivity index (χ3n) is 6.12. The normalized spacial score (nSPS) is 19.5. The fourth-order valence-electron chi connectivity index (χ4n) is 4.77. The van der Waals surface area contributed by atoms with Crippen molar-refractivity contribution in [1.29, 1.82) is 0 Å². The largest absolute Gasteiger partial charge is 0.352 e. The first-order chi connectivity index (χ1) is 15.0. The number of aromatic nitrogens is 2. The number of likely N-dealkylation sites (tertiary alicyclic amines) is 1. The number of amides is 1. The van der Waals surface area contributed by atoms with Crippen molar-refractivity contribution in [2.75, 3.05) is 13.1 Å². The molecular formula is C26H34N4O. The molecule has 0 saturated carbocycles. The van der Waals surface area contributed by atoms with E-state index in [0.717, 1.165) is 53.6 Å². The molecule has 4 rings (SSSR count). The highest BCUT2D eigenvalue weighted by Crippen LogP contribution is 2.22. The number of hydrogen-bond donors (Lipinski definition) is 2. The fraction of sp³-hybridized carbons (Fsp3) is 0.462. The number of para-hydroxylation sites is 2. The van der Waals surface area contributed by atoms with Crippen LogP contribution in [0.25, 0.3) is 11.0 Å². The molecule has 1 aliphatic rings. The number of carbonyl (C=O) groups is 1. The van der Waals surface area contributed by atoms with Gasteiger partial charge in [-0.05, 0) is 47.9 Å². The van der Waals surface area contributed by atoms with Crippen LogP contribution in [-0.2, 0) is 24.3 Å². The minimum Gasteiger partial charge on any atom is -0.352 e. The average molecular weight is 419 g/mol. The van der Waals surface area contributed by atoms with E-state index < -0.39 is 0 Å². The standard InChI is InChI=1S/C26H34N4O/c1-19-14-20(2)17-30(16-19)18-22-12-10-21(11-13-22)15-27-26(31)9-5-8-25-28-23-6-3-4-7-24(23)29-25/h3-4,6-7,10-13,19-20H,5,8-9,14-18H2,1-2H3,(H,27,31)(H,28,29)/t19-,20-/m0/s1. The summed E-state index contributed by atoms with van der Waals surface area (Å²) in [6, 6.07) is 16.7. The third-order valence-corrected chi connectivity index (χ3v) is 6.12. The van der Waals surface area contributed by atoms with E-state index in [0.29, 0.717) is 13.0 Å². The van der Waals surface area contributed by atoms with Crippen molar-refractivity contribution in [1.82, 2.24) is 20.2 Å². The first-order valence-electron chi connectivity index (χ1n) is 11.6. The van der Waals surface area contributed by atoms with Gasteiger partial charge >= 0.3 is 0 Å². The van der Waals surface area contributed by atoms with Gasteiger partial charge in [-0.15, -0.1) is 0 Å². The zero-order valence-electron chi connectivity index (χ0n) is 18.7. The maximum absolute atomic E-state index is 12.2. The van der Waals surface area contributed by atoms with Crippen LogP contribution >= 0.6 is 0 Å². The number of fused-ring (bicyclic) bond motifs is 1. The van der Waals surface area contributed by atoms with Crippen molar-refractivity contribution in [2.24, 2.45) is 11.8 Å². The Labute approximate surface area is 185 Å². The number of nitrogens with one attached hydrogen (secondary N) is 2. The number of hydrogen-bond acceptors (Lipinski definition) is 3. The summed E-state index contributed by atoms with van der Waals surface area (Å²) < 4.78 is 0. The molecule has 0 bridgehead atoms. The number of aromatic amines is 1. The molecule has 2 atom stereocenters. The molecule has 5 nitrogen and oxygen atoms in total. The van der Waals surface area contributed by atoms with Crippen molar-refractivity contribution in [3.05, 3.63) is 65.5 Å². The van der Waals surface area contributed by atoms with E-state index >= 15 is 0 Å². The zero-order chi connectivity index (χ0) is 21.6. The van der Waals surface area contributed by atoms with Gasteiger partial charge in [-0.25, -0.2) is 4.98 Å². The molecule has 1 aliphatic heterocycles. The Kier molecular flexibility index (Phi) is 7.03. The van der Waals surface area contributed by atoms with Crippen LogP contribution in [0.2, 0.25) is 0 Å². The molecule has 0 unspecified atom stereocenters. The lowest BCUT2D eigenvalue weighted by molar-refractivity contribution is -0.121. The molecule has 3 aromatic rings. The van der Waals surface area contributed by atoms with E-state index in [4.69, 9.17) is 0 Å². The van der Waals surface area contributed by atoms with Gasteiger partial charge < -0.3 is 10.3 Å². The number of H-pyrrole nitrogens is 1. The molecule has 0 spiro atoms. The highest BCUT2D eigenvalue weighted by molar-refractivity contribution is 5.76. The Morgan fingerprint density at radius 1 is 1.06 bits per heavy atom. The van der Waals surface area contributed by atoms with Crippen molar-refractivity contribution >= 4 is 16.9 Å². The predicted molar refractivity (Wildman–Crippen MR) is 126 cm³/mol. The number of nitrogens with zero attached hydrogens (tertiary/aromatic N) is 2. The maximum Gasteiger partial charge on any atom is 0.220 e. The van der Waals surface area contributed by atoms with Crippen LogP contribution in [0.1, 0.15) is 50.1 Å². The molecule has 0 radical (unpaired) electrons. The van der Waals surface area contributed by atoms with Crippen molar-refractivity contribution in [3.63, 3.8) is 0 Å². The number of carbonyl (C=O) groups excluding carboxylic acids is 1. The smallest absolute Gasteiger partial charge is 0.220 e. The molecule has 1 aromatic heterocycles. The lowest BCUT2D eigenvalue weighted by Gasteiger charge is -2.35. The summed E-state index contributed by atoms with van der Waals surface area (Å²) in [4.78, 5) is 22.7. The lowest BCUT2D eigenvalue weighted by atomic mass is 9.91. The van der Waals surface area contributed by atoms with E-state index in [9.17, 15) is 4.79 Å². The number of aryl methyl sites for hydroxylation is 1. The van der Waals surface area contributed by atoms with E-state index in [1.807, 2.05) is 24.3 Å².